The first-order valence-electron chi connectivity index (χ1n) is 8.97. The van der Waals surface area contributed by atoms with E-state index < -0.39 is 34.2 Å². The van der Waals surface area contributed by atoms with Gasteiger partial charge in [0.05, 0.1) is 19.2 Å². The van der Waals surface area contributed by atoms with Gasteiger partial charge in [-0.1, -0.05) is 19.9 Å². The second-order valence-electron chi connectivity index (χ2n) is 6.95. The summed E-state index contributed by atoms with van der Waals surface area (Å²) in [6.45, 7) is 3.30. The van der Waals surface area contributed by atoms with Crippen LogP contribution in [0.5, 0.6) is 5.75 Å². The average molecular weight is 444 g/mol. The van der Waals surface area contributed by atoms with E-state index in [1.807, 2.05) is 13.8 Å². The summed E-state index contributed by atoms with van der Waals surface area (Å²) in [5.41, 5.74) is 0.0625. The number of likely N-dealkylation sites (N-methyl/N-ethyl adjacent to an activating group) is 1. The van der Waals surface area contributed by atoms with Crippen molar-refractivity contribution in [3.8, 4) is 5.75 Å². The lowest BCUT2D eigenvalue weighted by Crippen LogP contribution is -2.35. The molecule has 0 saturated heterocycles. The molecule has 164 valence electrons. The van der Waals surface area contributed by atoms with Crippen LogP contribution in [0.1, 0.15) is 30.9 Å². The molecule has 10 heteroatoms. The summed E-state index contributed by atoms with van der Waals surface area (Å²) < 4.78 is 69.8. The molecule has 0 spiro atoms. The van der Waals surface area contributed by atoms with Crippen molar-refractivity contribution >= 4 is 21.6 Å². The maximum atomic E-state index is 13.0. The van der Waals surface area contributed by atoms with Crippen LogP contribution in [0.25, 0.3) is 0 Å². The van der Waals surface area contributed by atoms with E-state index >= 15 is 0 Å². The number of nitrogens with zero attached hydrogens (tertiary/aromatic N) is 1. The fourth-order valence-electron chi connectivity index (χ4n) is 2.65. The van der Waals surface area contributed by atoms with Gasteiger partial charge in [0.1, 0.15) is 10.6 Å². The predicted octanol–water partition coefficient (Wildman–Crippen LogP) is 4.10. The van der Waals surface area contributed by atoms with E-state index in [-0.39, 0.29) is 22.3 Å². The highest BCUT2D eigenvalue weighted by atomic mass is 32.2. The van der Waals surface area contributed by atoms with Gasteiger partial charge in [0.2, 0.25) is 15.9 Å². The van der Waals surface area contributed by atoms with Gasteiger partial charge in [0.25, 0.3) is 0 Å². The minimum absolute atomic E-state index is 0.0685. The van der Waals surface area contributed by atoms with E-state index in [9.17, 15) is 26.4 Å². The minimum atomic E-state index is -4.49. The molecule has 0 fully saturated rings. The van der Waals surface area contributed by atoms with E-state index in [4.69, 9.17) is 4.74 Å². The maximum Gasteiger partial charge on any atom is 0.416 e. The molecular weight excluding hydrogens is 421 g/mol. The van der Waals surface area contributed by atoms with Crippen LogP contribution in [0.3, 0.4) is 0 Å². The van der Waals surface area contributed by atoms with Gasteiger partial charge >= 0.3 is 6.18 Å². The summed E-state index contributed by atoms with van der Waals surface area (Å²) in [4.78, 5) is 12.2. The van der Waals surface area contributed by atoms with Crippen LogP contribution in [0.2, 0.25) is 0 Å². The molecule has 0 aliphatic carbocycles. The molecule has 1 N–H and O–H groups in total. The number of methoxy groups -OCH3 is 1. The summed E-state index contributed by atoms with van der Waals surface area (Å²) in [6.07, 6.45) is -4.49. The standard InChI is InChI=1S/C20H23F3N2O4S/c1-13(2)14-5-10-17(29-4)18(11-14)30(27,28)25(3)12-19(26)24-16-8-6-15(7-9-16)20(21,22)23/h5-11,13H,12H2,1-4H3,(H,24,26). The maximum absolute atomic E-state index is 13.0. The molecular formula is C20H23F3N2O4S. The minimum Gasteiger partial charge on any atom is -0.495 e. The van der Waals surface area contributed by atoms with Gasteiger partial charge in [-0.3, -0.25) is 4.79 Å². The zero-order valence-electron chi connectivity index (χ0n) is 16.9. The molecule has 2 rings (SSSR count). The Morgan fingerprint density at radius 2 is 1.73 bits per heavy atom. The average Bonchev–Trinajstić information content (AvgIpc) is 2.66. The van der Waals surface area contributed by atoms with Gasteiger partial charge in [-0.2, -0.15) is 17.5 Å². The molecule has 2 aromatic carbocycles. The van der Waals surface area contributed by atoms with Crippen molar-refractivity contribution in [2.45, 2.75) is 30.8 Å². The Bertz CT molecular complexity index is 1000. The number of rotatable bonds is 7. The van der Waals surface area contributed by atoms with Gasteiger partial charge in [-0.05, 0) is 47.9 Å². The van der Waals surface area contributed by atoms with E-state index in [0.29, 0.717) is 0 Å². The molecule has 0 radical (unpaired) electrons. The number of anilines is 1. The van der Waals surface area contributed by atoms with Gasteiger partial charge in [-0.15, -0.1) is 0 Å². The number of carbonyl (C=O) groups is 1. The van der Waals surface area contributed by atoms with E-state index in [1.54, 1.807) is 12.1 Å². The summed E-state index contributed by atoms with van der Waals surface area (Å²) in [6, 6.07) is 8.69. The third-order valence-corrected chi connectivity index (χ3v) is 6.23. The highest BCUT2D eigenvalue weighted by Gasteiger charge is 2.30. The second-order valence-corrected chi connectivity index (χ2v) is 8.96. The summed E-state index contributed by atoms with van der Waals surface area (Å²) in [7, 11) is -1.47. The van der Waals surface area contributed by atoms with Crippen LogP contribution >= 0.6 is 0 Å². The van der Waals surface area contributed by atoms with Crippen LogP contribution in [0, 0.1) is 0 Å². The molecule has 0 aliphatic heterocycles. The quantitative estimate of drug-likeness (QED) is 0.698. The fraction of sp³-hybridized carbons (Fsp3) is 0.350. The number of amides is 1. The van der Waals surface area contributed by atoms with Gasteiger partial charge in [-0.25, -0.2) is 8.42 Å². The van der Waals surface area contributed by atoms with Crippen molar-refractivity contribution in [1.82, 2.24) is 4.31 Å². The molecule has 2 aromatic rings. The highest BCUT2D eigenvalue weighted by molar-refractivity contribution is 7.89. The number of benzene rings is 2. The third-order valence-electron chi connectivity index (χ3n) is 4.40. The molecule has 0 aliphatic rings. The van der Waals surface area contributed by atoms with Crippen molar-refractivity contribution < 1.29 is 31.1 Å². The van der Waals surface area contributed by atoms with Crippen LogP contribution in [0.15, 0.2) is 47.4 Å². The van der Waals surface area contributed by atoms with Crippen molar-refractivity contribution in [2.75, 3.05) is 26.0 Å². The topological polar surface area (TPSA) is 75.7 Å². The number of sulfonamides is 1. The molecule has 0 heterocycles. The number of hydrogen-bond acceptors (Lipinski definition) is 4. The molecule has 0 saturated carbocycles. The van der Waals surface area contributed by atoms with Crippen LogP contribution in [-0.2, 0) is 21.0 Å². The number of alkyl halides is 3. The second kappa shape index (κ2) is 9.05. The Morgan fingerprint density at radius 3 is 2.23 bits per heavy atom. The lowest BCUT2D eigenvalue weighted by molar-refractivity contribution is -0.137. The SMILES string of the molecule is COc1ccc(C(C)C)cc1S(=O)(=O)N(C)CC(=O)Nc1ccc(C(F)(F)F)cc1. The Hall–Kier alpha value is -2.59. The first-order chi connectivity index (χ1) is 13.9. The van der Waals surface area contributed by atoms with E-state index in [2.05, 4.69) is 5.32 Å². The smallest absolute Gasteiger partial charge is 0.416 e. The van der Waals surface area contributed by atoms with Gasteiger partial charge in [0, 0.05) is 12.7 Å². The molecule has 30 heavy (non-hydrogen) atoms. The van der Waals surface area contributed by atoms with Crippen LogP contribution in [0.4, 0.5) is 18.9 Å². The first-order valence-corrected chi connectivity index (χ1v) is 10.4. The fourth-order valence-corrected chi connectivity index (χ4v) is 3.97. The Balaban J connectivity index is 2.17. The number of nitrogens with one attached hydrogen (secondary N) is 1. The monoisotopic (exact) mass is 444 g/mol. The van der Waals surface area contributed by atoms with Crippen LogP contribution in [-0.4, -0.2) is 39.3 Å². The van der Waals surface area contributed by atoms with Crippen molar-refractivity contribution in [2.24, 2.45) is 0 Å². The molecule has 0 atom stereocenters. The molecule has 1 amide bonds. The largest absolute Gasteiger partial charge is 0.495 e. The highest BCUT2D eigenvalue weighted by Crippen LogP contribution is 2.31. The predicted molar refractivity (Wildman–Crippen MR) is 107 cm³/mol. The van der Waals surface area contributed by atoms with E-state index in [0.717, 1.165) is 34.1 Å². The normalized spacial score (nSPS) is 12.3. The van der Waals surface area contributed by atoms with Crippen molar-refractivity contribution in [3.05, 3.63) is 53.6 Å². The Kier molecular flexibility index (Phi) is 7.14. The van der Waals surface area contributed by atoms with Gasteiger partial charge in [0.15, 0.2) is 0 Å². The molecule has 6 nitrogen and oxygen atoms in total. The lowest BCUT2D eigenvalue weighted by atomic mass is 10.0. The number of ether oxygens (including phenoxy) is 1. The molecule has 0 aromatic heterocycles. The van der Waals surface area contributed by atoms with Crippen molar-refractivity contribution in [1.29, 1.82) is 0 Å². The number of hydrogen-bond donors (Lipinski definition) is 1. The summed E-state index contributed by atoms with van der Waals surface area (Å²) in [5.74, 6) is -0.465. The van der Waals surface area contributed by atoms with Gasteiger partial charge < -0.3 is 10.1 Å². The first kappa shape index (κ1) is 23.7. The Labute approximate surface area is 173 Å². The van der Waals surface area contributed by atoms with Crippen LogP contribution < -0.4 is 10.1 Å². The zero-order chi connectivity index (χ0) is 22.7. The van der Waals surface area contributed by atoms with E-state index in [1.165, 1.54) is 20.2 Å². The lowest BCUT2D eigenvalue weighted by Gasteiger charge is -2.20. The summed E-state index contributed by atoms with van der Waals surface area (Å²) >= 11 is 0. The molecule has 0 bridgehead atoms. The van der Waals surface area contributed by atoms with Crippen molar-refractivity contribution in [3.63, 3.8) is 0 Å². The summed E-state index contributed by atoms with van der Waals surface area (Å²) in [5, 5.41) is 2.39. The molecule has 0 unspecified atom stereocenters. The zero-order valence-corrected chi connectivity index (χ0v) is 17.8. The number of carbonyl (C=O) groups excluding carboxylic acids is 1. The Morgan fingerprint density at radius 1 is 1.13 bits per heavy atom. The number of halogens is 3. The third kappa shape index (κ3) is 5.51.